The number of carbonyl (C=O) groups is 2. The summed E-state index contributed by atoms with van der Waals surface area (Å²) in [6.07, 6.45) is 0.804. The zero-order chi connectivity index (χ0) is 22.5. The van der Waals surface area contributed by atoms with Crippen molar-refractivity contribution in [3.05, 3.63) is 45.6 Å². The van der Waals surface area contributed by atoms with E-state index in [0.29, 0.717) is 18.8 Å². The molecule has 1 atom stereocenters. The molecule has 0 aliphatic carbocycles. The minimum atomic E-state index is -0.149. The van der Waals surface area contributed by atoms with Gasteiger partial charge < -0.3 is 19.3 Å². The zero-order valence-corrected chi connectivity index (χ0v) is 19.8. The molecule has 0 saturated heterocycles. The van der Waals surface area contributed by atoms with Gasteiger partial charge in [0.05, 0.1) is 6.54 Å². The maximum atomic E-state index is 13.5. The Bertz CT molecular complexity index is 924. The van der Waals surface area contributed by atoms with Crippen LogP contribution in [0.1, 0.15) is 50.1 Å². The number of amides is 2. The van der Waals surface area contributed by atoms with Crippen LogP contribution in [0.15, 0.2) is 29.6 Å². The van der Waals surface area contributed by atoms with E-state index in [-0.39, 0.29) is 37.1 Å². The standard InChI is InChI=1S/C24H32N2O4S/c1-6-18(5)26(24(28)16(2)3)14-23(27)25(13-22-17(4)9-10-31-22)12-19-7-8-20-21(11-19)30-15-29-20/h7-11,16,18H,6,12-15H2,1-5H3/t18-/m1/s1. The highest BCUT2D eigenvalue weighted by Crippen LogP contribution is 2.33. The summed E-state index contributed by atoms with van der Waals surface area (Å²) in [5, 5.41) is 2.04. The fourth-order valence-electron chi connectivity index (χ4n) is 3.48. The number of benzene rings is 1. The third kappa shape index (κ3) is 5.58. The first-order valence-corrected chi connectivity index (χ1v) is 11.7. The molecule has 1 aromatic heterocycles. The third-order valence-corrected chi connectivity index (χ3v) is 6.68. The second kappa shape index (κ2) is 10.2. The number of hydrogen-bond acceptors (Lipinski definition) is 5. The molecule has 1 aliphatic heterocycles. The maximum Gasteiger partial charge on any atom is 0.242 e. The van der Waals surface area contributed by atoms with Crippen molar-refractivity contribution >= 4 is 23.2 Å². The van der Waals surface area contributed by atoms with Crippen LogP contribution in [0.2, 0.25) is 0 Å². The highest BCUT2D eigenvalue weighted by Gasteiger charge is 2.27. The lowest BCUT2D eigenvalue weighted by molar-refractivity contribution is -0.144. The minimum absolute atomic E-state index is 0.00900. The second-order valence-corrected chi connectivity index (χ2v) is 9.34. The topological polar surface area (TPSA) is 59.1 Å². The summed E-state index contributed by atoms with van der Waals surface area (Å²) in [7, 11) is 0. The second-order valence-electron chi connectivity index (χ2n) is 8.34. The van der Waals surface area contributed by atoms with Crippen LogP contribution >= 0.6 is 11.3 Å². The number of thiophene rings is 1. The molecule has 2 aromatic rings. The average molecular weight is 445 g/mol. The van der Waals surface area contributed by atoms with E-state index in [0.717, 1.165) is 22.6 Å². The van der Waals surface area contributed by atoms with Gasteiger partial charge in [-0.2, -0.15) is 0 Å². The molecule has 0 unspecified atom stereocenters. The van der Waals surface area contributed by atoms with Crippen LogP contribution in [0, 0.1) is 12.8 Å². The fourth-order valence-corrected chi connectivity index (χ4v) is 4.40. The molecule has 1 aromatic carbocycles. The highest BCUT2D eigenvalue weighted by atomic mass is 32.1. The van der Waals surface area contributed by atoms with E-state index in [2.05, 4.69) is 13.0 Å². The quantitative estimate of drug-likeness (QED) is 0.567. The number of carbonyl (C=O) groups excluding carboxylic acids is 2. The summed E-state index contributed by atoms with van der Waals surface area (Å²) in [6.45, 7) is 11.1. The van der Waals surface area contributed by atoms with Gasteiger partial charge in [-0.3, -0.25) is 9.59 Å². The molecule has 7 heteroatoms. The van der Waals surface area contributed by atoms with E-state index >= 15 is 0 Å². The van der Waals surface area contributed by atoms with Crippen molar-refractivity contribution in [1.29, 1.82) is 0 Å². The van der Waals surface area contributed by atoms with Crippen molar-refractivity contribution in [2.45, 2.75) is 60.2 Å². The SMILES string of the molecule is CC[C@@H](C)N(CC(=O)N(Cc1ccc2c(c1)OCO2)Cc1sccc1C)C(=O)C(C)C. The predicted molar refractivity (Wildman–Crippen MR) is 122 cm³/mol. The zero-order valence-electron chi connectivity index (χ0n) is 19.0. The van der Waals surface area contributed by atoms with E-state index in [1.165, 1.54) is 5.56 Å². The Morgan fingerprint density at radius 2 is 1.84 bits per heavy atom. The molecule has 0 fully saturated rings. The van der Waals surface area contributed by atoms with Crippen LogP contribution in [-0.4, -0.2) is 41.0 Å². The van der Waals surface area contributed by atoms with Crippen LogP contribution < -0.4 is 9.47 Å². The molecule has 31 heavy (non-hydrogen) atoms. The van der Waals surface area contributed by atoms with E-state index in [1.54, 1.807) is 16.2 Å². The van der Waals surface area contributed by atoms with Crippen molar-refractivity contribution in [3.8, 4) is 11.5 Å². The Labute approximate surface area is 188 Å². The molecule has 0 radical (unpaired) electrons. The van der Waals surface area contributed by atoms with Crippen molar-refractivity contribution in [3.63, 3.8) is 0 Å². The molecule has 168 valence electrons. The summed E-state index contributed by atoms with van der Waals surface area (Å²) in [4.78, 5) is 31.0. The minimum Gasteiger partial charge on any atom is -0.454 e. The summed E-state index contributed by atoms with van der Waals surface area (Å²) < 4.78 is 10.9. The largest absolute Gasteiger partial charge is 0.454 e. The lowest BCUT2D eigenvalue weighted by Crippen LogP contribution is -2.47. The van der Waals surface area contributed by atoms with Gasteiger partial charge in [-0.1, -0.05) is 26.8 Å². The normalized spacial score (nSPS) is 13.4. The van der Waals surface area contributed by atoms with Crippen molar-refractivity contribution in [2.24, 2.45) is 5.92 Å². The van der Waals surface area contributed by atoms with Gasteiger partial charge in [0.1, 0.15) is 6.54 Å². The first kappa shape index (κ1) is 23.1. The van der Waals surface area contributed by atoms with Gasteiger partial charge in [0.2, 0.25) is 18.6 Å². The number of rotatable bonds is 9. The summed E-state index contributed by atoms with van der Waals surface area (Å²) in [5.41, 5.74) is 2.14. The van der Waals surface area contributed by atoms with Gasteiger partial charge in [-0.25, -0.2) is 0 Å². The molecule has 2 heterocycles. The molecule has 0 spiro atoms. The number of hydrogen-bond donors (Lipinski definition) is 0. The molecule has 3 rings (SSSR count). The summed E-state index contributed by atoms with van der Waals surface area (Å²) in [5.74, 6) is 1.23. The fraction of sp³-hybridized carbons (Fsp3) is 0.500. The van der Waals surface area contributed by atoms with Gasteiger partial charge in [0.15, 0.2) is 11.5 Å². The van der Waals surface area contributed by atoms with E-state index < -0.39 is 0 Å². The molecule has 0 N–H and O–H groups in total. The smallest absolute Gasteiger partial charge is 0.242 e. The Kier molecular flexibility index (Phi) is 7.59. The van der Waals surface area contributed by atoms with Gasteiger partial charge in [0, 0.05) is 23.4 Å². The Hall–Kier alpha value is -2.54. The summed E-state index contributed by atoms with van der Waals surface area (Å²) in [6, 6.07) is 7.84. The number of fused-ring (bicyclic) bond motifs is 1. The first-order valence-electron chi connectivity index (χ1n) is 10.8. The van der Waals surface area contributed by atoms with Crippen LogP contribution in [0.3, 0.4) is 0 Å². The molecular formula is C24H32N2O4S. The van der Waals surface area contributed by atoms with Gasteiger partial charge in [0.25, 0.3) is 0 Å². The molecule has 1 aliphatic rings. The van der Waals surface area contributed by atoms with Crippen LogP contribution in [-0.2, 0) is 22.7 Å². The van der Waals surface area contributed by atoms with E-state index in [9.17, 15) is 9.59 Å². The molecular weight excluding hydrogens is 412 g/mol. The summed E-state index contributed by atoms with van der Waals surface area (Å²) >= 11 is 1.65. The van der Waals surface area contributed by atoms with Crippen molar-refractivity contribution in [2.75, 3.05) is 13.3 Å². The van der Waals surface area contributed by atoms with Crippen LogP contribution in [0.25, 0.3) is 0 Å². The lowest BCUT2D eigenvalue weighted by atomic mass is 10.1. The third-order valence-electron chi connectivity index (χ3n) is 5.67. The Morgan fingerprint density at radius 3 is 2.48 bits per heavy atom. The Balaban J connectivity index is 1.83. The van der Waals surface area contributed by atoms with Crippen molar-refractivity contribution < 1.29 is 19.1 Å². The number of aryl methyl sites for hydroxylation is 1. The maximum absolute atomic E-state index is 13.5. The molecule has 2 amide bonds. The van der Waals surface area contributed by atoms with Gasteiger partial charge in [-0.15, -0.1) is 11.3 Å². The van der Waals surface area contributed by atoms with Gasteiger partial charge in [-0.05, 0) is 55.0 Å². The molecule has 6 nitrogen and oxygen atoms in total. The molecule has 0 saturated carbocycles. The monoisotopic (exact) mass is 444 g/mol. The van der Waals surface area contributed by atoms with E-state index in [1.807, 2.05) is 56.2 Å². The van der Waals surface area contributed by atoms with Crippen LogP contribution in [0.4, 0.5) is 0 Å². The van der Waals surface area contributed by atoms with Gasteiger partial charge >= 0.3 is 0 Å². The highest BCUT2D eigenvalue weighted by molar-refractivity contribution is 7.10. The molecule has 0 bridgehead atoms. The van der Waals surface area contributed by atoms with Crippen LogP contribution in [0.5, 0.6) is 11.5 Å². The van der Waals surface area contributed by atoms with Crippen molar-refractivity contribution in [1.82, 2.24) is 9.80 Å². The first-order chi connectivity index (χ1) is 14.8. The predicted octanol–water partition coefficient (Wildman–Crippen LogP) is 4.60. The van der Waals surface area contributed by atoms with E-state index in [4.69, 9.17) is 9.47 Å². The Morgan fingerprint density at radius 1 is 1.10 bits per heavy atom. The number of ether oxygens (including phenoxy) is 2. The number of nitrogens with zero attached hydrogens (tertiary/aromatic N) is 2. The lowest BCUT2D eigenvalue weighted by Gasteiger charge is -2.32. The average Bonchev–Trinajstić information content (AvgIpc) is 3.38.